The molecule has 2 aromatic carbocycles. The van der Waals surface area contributed by atoms with Crippen molar-refractivity contribution in [2.45, 2.75) is 26.9 Å². The number of benzene rings is 2. The first-order valence-electron chi connectivity index (χ1n) is 8.29. The predicted octanol–water partition coefficient (Wildman–Crippen LogP) is 4.42. The van der Waals surface area contributed by atoms with Gasteiger partial charge in [0.05, 0.1) is 5.69 Å². The summed E-state index contributed by atoms with van der Waals surface area (Å²) >= 11 is 1.39. The van der Waals surface area contributed by atoms with Gasteiger partial charge in [-0.3, -0.25) is 4.79 Å². The van der Waals surface area contributed by atoms with Gasteiger partial charge in [0, 0.05) is 16.6 Å². The van der Waals surface area contributed by atoms with Crippen LogP contribution in [0.15, 0.2) is 47.8 Å². The fourth-order valence-electron chi connectivity index (χ4n) is 2.53. The summed E-state index contributed by atoms with van der Waals surface area (Å²) < 4.78 is 5.82. The van der Waals surface area contributed by atoms with Crippen molar-refractivity contribution in [2.24, 2.45) is 0 Å². The van der Waals surface area contributed by atoms with E-state index in [1.807, 2.05) is 61.7 Å². The number of carbonyl (C=O) groups is 1. The number of aryl methyl sites for hydroxylation is 1. The number of carbonyl (C=O) groups excluding carboxylic acids is 1. The van der Waals surface area contributed by atoms with Gasteiger partial charge in [-0.15, -0.1) is 11.3 Å². The van der Waals surface area contributed by atoms with Crippen LogP contribution in [-0.2, 0) is 4.79 Å². The van der Waals surface area contributed by atoms with E-state index in [1.54, 1.807) is 6.92 Å². The van der Waals surface area contributed by atoms with Crippen molar-refractivity contribution < 1.29 is 9.53 Å². The third-order valence-electron chi connectivity index (χ3n) is 4.20. The molecule has 1 aromatic heterocycles. The number of thiazole rings is 1. The summed E-state index contributed by atoms with van der Waals surface area (Å²) in [6.45, 7) is 5.73. The van der Waals surface area contributed by atoms with Crippen molar-refractivity contribution in [1.29, 1.82) is 0 Å². The molecule has 3 N–H and O–H groups in total. The molecule has 3 aromatic rings. The molecule has 5 nitrogen and oxygen atoms in total. The van der Waals surface area contributed by atoms with E-state index in [0.29, 0.717) is 10.9 Å². The number of nitrogens with two attached hydrogens (primary N) is 1. The van der Waals surface area contributed by atoms with Gasteiger partial charge in [0.2, 0.25) is 0 Å². The monoisotopic (exact) mass is 367 g/mol. The van der Waals surface area contributed by atoms with Gasteiger partial charge in [-0.05, 0) is 50.1 Å². The number of amides is 1. The number of nitrogens with zero attached hydrogens (tertiary/aromatic N) is 1. The highest BCUT2D eigenvalue weighted by atomic mass is 32.1. The Hall–Kier alpha value is -2.86. The second-order valence-electron chi connectivity index (χ2n) is 6.10. The molecule has 0 bridgehead atoms. The molecule has 1 amide bonds. The second kappa shape index (κ2) is 7.58. The lowest BCUT2D eigenvalue weighted by molar-refractivity contribution is -0.122. The zero-order chi connectivity index (χ0) is 18.7. The van der Waals surface area contributed by atoms with Crippen molar-refractivity contribution in [3.05, 3.63) is 59.0 Å². The van der Waals surface area contributed by atoms with Crippen LogP contribution in [0.5, 0.6) is 5.75 Å². The largest absolute Gasteiger partial charge is 0.481 e. The van der Waals surface area contributed by atoms with Crippen LogP contribution >= 0.6 is 11.3 Å². The number of nitrogens with one attached hydrogen (secondary N) is 1. The Balaban J connectivity index is 1.70. The fraction of sp³-hybridized carbons (Fsp3) is 0.200. The molecular weight excluding hydrogens is 346 g/mol. The van der Waals surface area contributed by atoms with E-state index >= 15 is 0 Å². The van der Waals surface area contributed by atoms with Crippen LogP contribution in [0.4, 0.5) is 10.8 Å². The van der Waals surface area contributed by atoms with E-state index in [0.717, 1.165) is 28.1 Å². The fourth-order valence-corrected chi connectivity index (χ4v) is 3.10. The maximum Gasteiger partial charge on any atom is 0.265 e. The smallest absolute Gasteiger partial charge is 0.265 e. The van der Waals surface area contributed by atoms with Crippen LogP contribution in [-0.4, -0.2) is 17.0 Å². The first-order valence-corrected chi connectivity index (χ1v) is 9.17. The Labute approximate surface area is 156 Å². The van der Waals surface area contributed by atoms with Crippen LogP contribution < -0.4 is 15.8 Å². The number of hydrogen-bond acceptors (Lipinski definition) is 5. The standard InChI is InChI=1S/C20H21N3O2S/c1-12-6-4-9-17(13(12)2)22-19(24)14(3)25-16-8-5-7-15(10-16)18-11-26-20(21)23-18/h4-11,14H,1-3H3,(H2,21,23)(H,22,24). The van der Waals surface area contributed by atoms with Gasteiger partial charge in [-0.25, -0.2) is 4.98 Å². The molecule has 0 spiro atoms. The topological polar surface area (TPSA) is 77.2 Å². The van der Waals surface area contributed by atoms with Crippen molar-refractivity contribution in [2.75, 3.05) is 11.1 Å². The molecule has 0 saturated heterocycles. The maximum atomic E-state index is 12.5. The summed E-state index contributed by atoms with van der Waals surface area (Å²) in [4.78, 5) is 16.7. The van der Waals surface area contributed by atoms with Crippen LogP contribution in [0.2, 0.25) is 0 Å². The average molecular weight is 367 g/mol. The number of nitrogen functional groups attached to an aromatic ring is 1. The second-order valence-corrected chi connectivity index (χ2v) is 6.99. The van der Waals surface area contributed by atoms with Gasteiger partial charge in [-0.2, -0.15) is 0 Å². The molecule has 6 heteroatoms. The third-order valence-corrected chi connectivity index (χ3v) is 4.87. The van der Waals surface area contributed by atoms with E-state index in [-0.39, 0.29) is 5.91 Å². The van der Waals surface area contributed by atoms with Gasteiger partial charge >= 0.3 is 0 Å². The molecule has 0 aliphatic rings. The molecule has 1 heterocycles. The number of anilines is 2. The predicted molar refractivity (Wildman–Crippen MR) is 107 cm³/mol. The molecule has 0 fully saturated rings. The van der Waals surface area contributed by atoms with Crippen molar-refractivity contribution in [3.63, 3.8) is 0 Å². The zero-order valence-corrected chi connectivity index (χ0v) is 15.8. The first kappa shape index (κ1) is 17.9. The van der Waals surface area contributed by atoms with E-state index < -0.39 is 6.10 Å². The minimum Gasteiger partial charge on any atom is -0.481 e. The zero-order valence-electron chi connectivity index (χ0n) is 14.9. The Morgan fingerprint density at radius 3 is 2.73 bits per heavy atom. The quantitative estimate of drug-likeness (QED) is 0.700. The van der Waals surface area contributed by atoms with Gasteiger partial charge in [0.1, 0.15) is 5.75 Å². The molecular formula is C20H21N3O2S. The number of ether oxygens (including phenoxy) is 1. The van der Waals surface area contributed by atoms with Gasteiger partial charge < -0.3 is 15.8 Å². The highest BCUT2D eigenvalue weighted by molar-refractivity contribution is 7.13. The minimum atomic E-state index is -0.634. The summed E-state index contributed by atoms with van der Waals surface area (Å²) in [7, 11) is 0. The molecule has 0 aliphatic carbocycles. The van der Waals surface area contributed by atoms with Crippen LogP contribution in [0.25, 0.3) is 11.3 Å². The molecule has 26 heavy (non-hydrogen) atoms. The Morgan fingerprint density at radius 1 is 1.23 bits per heavy atom. The highest BCUT2D eigenvalue weighted by Crippen LogP contribution is 2.27. The van der Waals surface area contributed by atoms with Crippen LogP contribution in [0.1, 0.15) is 18.1 Å². The third kappa shape index (κ3) is 4.03. The van der Waals surface area contributed by atoms with Crippen molar-refractivity contribution >= 4 is 28.1 Å². The maximum absolute atomic E-state index is 12.5. The molecule has 1 unspecified atom stereocenters. The lowest BCUT2D eigenvalue weighted by Crippen LogP contribution is -2.30. The molecule has 3 rings (SSSR count). The molecule has 1 atom stereocenters. The van der Waals surface area contributed by atoms with Gasteiger partial charge in [0.15, 0.2) is 11.2 Å². The van der Waals surface area contributed by atoms with Crippen molar-refractivity contribution in [1.82, 2.24) is 4.98 Å². The number of rotatable bonds is 5. The van der Waals surface area contributed by atoms with Gasteiger partial charge in [0.25, 0.3) is 5.91 Å². The van der Waals surface area contributed by atoms with Gasteiger partial charge in [-0.1, -0.05) is 24.3 Å². The first-order chi connectivity index (χ1) is 12.4. The van der Waals surface area contributed by atoms with Crippen molar-refractivity contribution in [3.8, 4) is 17.0 Å². The SMILES string of the molecule is Cc1cccc(NC(=O)C(C)Oc2cccc(-c3csc(N)n3)c2)c1C. The average Bonchev–Trinajstić information content (AvgIpc) is 3.05. The Bertz CT molecular complexity index is 936. The summed E-state index contributed by atoms with van der Waals surface area (Å²) in [5, 5.41) is 5.34. The summed E-state index contributed by atoms with van der Waals surface area (Å²) in [6.07, 6.45) is -0.634. The Kier molecular flexibility index (Phi) is 5.23. The normalized spacial score (nSPS) is 11.8. The van der Waals surface area contributed by atoms with Crippen LogP contribution in [0, 0.1) is 13.8 Å². The molecule has 134 valence electrons. The summed E-state index contributed by atoms with van der Waals surface area (Å²) in [5.41, 5.74) is 10.4. The summed E-state index contributed by atoms with van der Waals surface area (Å²) in [6, 6.07) is 13.3. The highest BCUT2D eigenvalue weighted by Gasteiger charge is 2.16. The molecule has 0 aliphatic heterocycles. The lowest BCUT2D eigenvalue weighted by atomic mass is 10.1. The van der Waals surface area contributed by atoms with E-state index in [4.69, 9.17) is 10.5 Å². The Morgan fingerprint density at radius 2 is 2.00 bits per heavy atom. The lowest BCUT2D eigenvalue weighted by Gasteiger charge is -2.16. The number of aromatic nitrogens is 1. The number of hydrogen-bond donors (Lipinski definition) is 2. The minimum absolute atomic E-state index is 0.193. The molecule has 0 saturated carbocycles. The molecule has 0 radical (unpaired) electrons. The van der Waals surface area contributed by atoms with E-state index in [9.17, 15) is 4.79 Å². The summed E-state index contributed by atoms with van der Waals surface area (Å²) in [5.74, 6) is 0.416. The van der Waals surface area contributed by atoms with E-state index in [2.05, 4.69) is 10.3 Å². The van der Waals surface area contributed by atoms with Crippen LogP contribution in [0.3, 0.4) is 0 Å². The van der Waals surface area contributed by atoms with E-state index in [1.165, 1.54) is 11.3 Å².